The van der Waals surface area contributed by atoms with Gasteiger partial charge >= 0.3 is 0 Å². The number of aromatic nitrogens is 3. The molecule has 106 valence electrons. The van der Waals surface area contributed by atoms with Crippen molar-refractivity contribution in [3.8, 4) is 17.2 Å². The van der Waals surface area contributed by atoms with Crippen LogP contribution in [0.5, 0.6) is 0 Å². The lowest BCUT2D eigenvalue weighted by molar-refractivity contribution is 0.632. The molecule has 2 aliphatic rings. The zero-order valence-electron chi connectivity index (χ0n) is 11.6. The number of hydrogen-bond acceptors (Lipinski definition) is 3. The molecule has 0 bridgehead atoms. The SMILES string of the molecule is N#Cc1ccc(-c2cc3c(cc2F)nc2n3C[C@H]3C[C@@H]23)cn1. The number of nitrogens with zero attached hydrogens (tertiary/aromatic N) is 4. The molecule has 2 aromatic heterocycles. The van der Waals surface area contributed by atoms with E-state index in [0.717, 1.165) is 29.3 Å². The van der Waals surface area contributed by atoms with E-state index < -0.39 is 0 Å². The van der Waals surface area contributed by atoms with Gasteiger partial charge in [0.05, 0.1) is 11.0 Å². The van der Waals surface area contributed by atoms with Gasteiger partial charge in [0.15, 0.2) is 0 Å². The van der Waals surface area contributed by atoms with Crippen LogP contribution in [0.1, 0.15) is 23.9 Å². The summed E-state index contributed by atoms with van der Waals surface area (Å²) in [4.78, 5) is 8.63. The Morgan fingerprint density at radius 3 is 3.00 bits per heavy atom. The first-order valence-corrected chi connectivity index (χ1v) is 7.31. The van der Waals surface area contributed by atoms with Gasteiger partial charge in [0.2, 0.25) is 0 Å². The maximum atomic E-state index is 14.4. The van der Waals surface area contributed by atoms with Gasteiger partial charge in [-0.2, -0.15) is 5.26 Å². The molecule has 0 N–H and O–H groups in total. The van der Waals surface area contributed by atoms with Gasteiger partial charge in [0.1, 0.15) is 23.4 Å². The molecule has 0 saturated heterocycles. The van der Waals surface area contributed by atoms with Gasteiger partial charge in [-0.15, -0.1) is 0 Å². The molecule has 3 aromatic rings. The average Bonchev–Trinajstić information content (AvgIpc) is 3.09. The van der Waals surface area contributed by atoms with Crippen molar-refractivity contribution < 1.29 is 4.39 Å². The highest BCUT2D eigenvalue weighted by Gasteiger charge is 2.47. The quantitative estimate of drug-likeness (QED) is 0.691. The van der Waals surface area contributed by atoms with Gasteiger partial charge in [-0.25, -0.2) is 14.4 Å². The smallest absolute Gasteiger partial charge is 0.140 e. The highest BCUT2D eigenvalue weighted by atomic mass is 19.1. The lowest BCUT2D eigenvalue weighted by atomic mass is 10.1. The Kier molecular flexibility index (Phi) is 2.11. The van der Waals surface area contributed by atoms with Gasteiger partial charge in [-0.05, 0) is 30.5 Å². The molecule has 1 aliphatic carbocycles. The second-order valence-electron chi connectivity index (χ2n) is 6.05. The molecule has 0 spiro atoms. The summed E-state index contributed by atoms with van der Waals surface area (Å²) in [6, 6.07) is 8.67. The Morgan fingerprint density at radius 1 is 1.32 bits per heavy atom. The zero-order valence-corrected chi connectivity index (χ0v) is 11.6. The zero-order chi connectivity index (χ0) is 14.8. The van der Waals surface area contributed by atoms with Crippen LogP contribution in [0.3, 0.4) is 0 Å². The fraction of sp³-hybridized carbons (Fsp3) is 0.235. The highest BCUT2D eigenvalue weighted by Crippen LogP contribution is 2.54. The monoisotopic (exact) mass is 290 g/mol. The molecule has 4 nitrogen and oxygen atoms in total. The van der Waals surface area contributed by atoms with Crippen molar-refractivity contribution in [2.24, 2.45) is 5.92 Å². The van der Waals surface area contributed by atoms with Crippen LogP contribution in [0.25, 0.3) is 22.2 Å². The third kappa shape index (κ3) is 1.49. The van der Waals surface area contributed by atoms with E-state index in [2.05, 4.69) is 14.5 Å². The van der Waals surface area contributed by atoms with E-state index in [-0.39, 0.29) is 5.82 Å². The van der Waals surface area contributed by atoms with Crippen LogP contribution in [-0.4, -0.2) is 14.5 Å². The molecule has 22 heavy (non-hydrogen) atoms. The maximum Gasteiger partial charge on any atom is 0.140 e. The van der Waals surface area contributed by atoms with Crippen LogP contribution in [0.15, 0.2) is 30.5 Å². The number of hydrogen-bond donors (Lipinski definition) is 0. The number of pyridine rings is 1. The lowest BCUT2D eigenvalue weighted by Gasteiger charge is -2.06. The average molecular weight is 290 g/mol. The number of halogens is 1. The van der Waals surface area contributed by atoms with Crippen molar-refractivity contribution in [3.05, 3.63) is 47.8 Å². The summed E-state index contributed by atoms with van der Waals surface area (Å²) in [7, 11) is 0. The van der Waals surface area contributed by atoms with Gasteiger partial charge in [0, 0.05) is 35.9 Å². The minimum Gasteiger partial charge on any atom is -0.327 e. The molecule has 1 aromatic carbocycles. The van der Waals surface area contributed by atoms with Crippen LogP contribution in [0.4, 0.5) is 4.39 Å². The van der Waals surface area contributed by atoms with Gasteiger partial charge in [-0.3, -0.25) is 0 Å². The van der Waals surface area contributed by atoms with Crippen LogP contribution in [0, 0.1) is 23.1 Å². The molecule has 0 unspecified atom stereocenters. The lowest BCUT2D eigenvalue weighted by Crippen LogP contribution is -1.97. The standard InChI is InChI=1S/C17H11FN4/c18-14-5-15-16(22-8-10-3-13(10)17(22)21-15)4-12(14)9-1-2-11(6-19)20-7-9/h1-2,4-5,7,10,13H,3,8H2/t10-,13-/m1/s1. The van der Waals surface area contributed by atoms with Crippen LogP contribution in [0.2, 0.25) is 0 Å². The number of nitriles is 1. The summed E-state index contributed by atoms with van der Waals surface area (Å²) in [5.41, 5.74) is 3.23. The van der Waals surface area contributed by atoms with Crippen molar-refractivity contribution in [2.45, 2.75) is 18.9 Å². The van der Waals surface area contributed by atoms with E-state index in [0.29, 0.717) is 22.7 Å². The van der Waals surface area contributed by atoms with Crippen molar-refractivity contribution in [3.63, 3.8) is 0 Å². The molecule has 5 rings (SSSR count). The van der Waals surface area contributed by atoms with E-state index in [4.69, 9.17) is 5.26 Å². The summed E-state index contributed by atoms with van der Waals surface area (Å²) in [6.07, 6.45) is 2.76. The number of benzene rings is 1. The van der Waals surface area contributed by atoms with Gasteiger partial charge < -0.3 is 4.57 Å². The largest absolute Gasteiger partial charge is 0.327 e. The van der Waals surface area contributed by atoms with Crippen molar-refractivity contribution in [1.29, 1.82) is 5.26 Å². The van der Waals surface area contributed by atoms with Crippen molar-refractivity contribution in [2.75, 3.05) is 0 Å². The summed E-state index contributed by atoms with van der Waals surface area (Å²) < 4.78 is 16.6. The van der Waals surface area contributed by atoms with E-state index >= 15 is 0 Å². The second kappa shape index (κ2) is 3.92. The third-order valence-corrected chi connectivity index (χ3v) is 4.73. The second-order valence-corrected chi connectivity index (χ2v) is 6.05. The Labute approximate surface area is 125 Å². The molecule has 1 fully saturated rings. The number of fused-ring (bicyclic) bond motifs is 5. The van der Waals surface area contributed by atoms with E-state index in [1.165, 1.54) is 12.5 Å². The number of imidazole rings is 1. The molecular weight excluding hydrogens is 279 g/mol. The van der Waals surface area contributed by atoms with Crippen molar-refractivity contribution in [1.82, 2.24) is 14.5 Å². The topological polar surface area (TPSA) is 54.5 Å². The van der Waals surface area contributed by atoms with Crippen LogP contribution < -0.4 is 0 Å². The van der Waals surface area contributed by atoms with Gasteiger partial charge in [-0.1, -0.05) is 0 Å². The van der Waals surface area contributed by atoms with E-state index in [9.17, 15) is 4.39 Å². The first-order valence-electron chi connectivity index (χ1n) is 7.31. The fourth-order valence-electron chi connectivity index (χ4n) is 3.48. The third-order valence-electron chi connectivity index (χ3n) is 4.73. The Bertz CT molecular complexity index is 965. The van der Waals surface area contributed by atoms with Crippen LogP contribution in [-0.2, 0) is 6.54 Å². The number of rotatable bonds is 1. The van der Waals surface area contributed by atoms with E-state index in [1.54, 1.807) is 18.3 Å². The van der Waals surface area contributed by atoms with E-state index in [1.807, 2.05) is 12.1 Å². The minimum atomic E-state index is -0.303. The Morgan fingerprint density at radius 2 is 2.23 bits per heavy atom. The minimum absolute atomic E-state index is 0.303. The van der Waals surface area contributed by atoms with Crippen LogP contribution >= 0.6 is 0 Å². The summed E-state index contributed by atoms with van der Waals surface area (Å²) >= 11 is 0. The molecule has 1 aliphatic heterocycles. The predicted molar refractivity (Wildman–Crippen MR) is 78.5 cm³/mol. The highest BCUT2D eigenvalue weighted by molar-refractivity contribution is 5.83. The first-order chi connectivity index (χ1) is 10.7. The van der Waals surface area contributed by atoms with Crippen molar-refractivity contribution >= 4 is 11.0 Å². The Hall–Kier alpha value is -2.74. The summed E-state index contributed by atoms with van der Waals surface area (Å²) in [5, 5.41) is 8.80. The predicted octanol–water partition coefficient (Wildman–Crippen LogP) is 3.23. The van der Waals surface area contributed by atoms with Gasteiger partial charge in [0.25, 0.3) is 0 Å². The maximum absolute atomic E-state index is 14.4. The molecule has 3 heterocycles. The molecule has 5 heteroatoms. The first kappa shape index (κ1) is 11.9. The molecular formula is C17H11FN4. The summed E-state index contributed by atoms with van der Waals surface area (Å²) in [6.45, 7) is 0.993. The summed E-state index contributed by atoms with van der Waals surface area (Å²) in [5.74, 6) is 2.12. The molecule has 0 amide bonds. The Balaban J connectivity index is 1.70. The normalized spacial score (nSPS) is 21.5. The molecule has 0 radical (unpaired) electrons. The molecule has 2 atom stereocenters. The fourth-order valence-corrected chi connectivity index (χ4v) is 3.48. The molecule has 1 saturated carbocycles.